The van der Waals surface area contributed by atoms with Gasteiger partial charge in [-0.15, -0.1) is 0 Å². The van der Waals surface area contributed by atoms with Gasteiger partial charge in [-0.1, -0.05) is 23.7 Å². The minimum atomic E-state index is -1.05. The Morgan fingerprint density at radius 1 is 1.33 bits per heavy atom. The van der Waals surface area contributed by atoms with E-state index in [0.717, 1.165) is 11.6 Å². The van der Waals surface area contributed by atoms with Gasteiger partial charge in [-0.3, -0.25) is 9.69 Å². The maximum Gasteiger partial charge on any atom is 0.323 e. The van der Waals surface area contributed by atoms with Crippen LogP contribution in [-0.4, -0.2) is 34.6 Å². The van der Waals surface area contributed by atoms with Crippen molar-refractivity contribution in [3.05, 3.63) is 34.9 Å². The molecule has 1 aromatic carbocycles. The highest BCUT2D eigenvalue weighted by Gasteiger charge is 2.37. The summed E-state index contributed by atoms with van der Waals surface area (Å²) in [5.41, 5.74) is 5.97. The van der Waals surface area contributed by atoms with Gasteiger partial charge in [0.25, 0.3) is 0 Å². The zero-order valence-corrected chi connectivity index (χ0v) is 10.9. The highest BCUT2D eigenvalue weighted by Crippen LogP contribution is 2.21. The van der Waals surface area contributed by atoms with E-state index in [1.54, 1.807) is 0 Å². The number of carboxylic acid groups (broad SMARTS) is 1. The van der Waals surface area contributed by atoms with Gasteiger partial charge in [0.2, 0.25) is 0 Å². The molecule has 1 aromatic rings. The van der Waals surface area contributed by atoms with Crippen molar-refractivity contribution in [2.45, 2.75) is 24.9 Å². The average Bonchev–Trinajstić information content (AvgIpc) is 2.35. The Balaban J connectivity index is 1.91. The summed E-state index contributed by atoms with van der Waals surface area (Å²) in [5.74, 6) is -0.895. The summed E-state index contributed by atoms with van der Waals surface area (Å²) in [6, 6.07) is 7.71. The lowest BCUT2D eigenvalue weighted by Gasteiger charge is -2.36. The first-order chi connectivity index (χ1) is 8.49. The molecule has 1 fully saturated rings. The van der Waals surface area contributed by atoms with Gasteiger partial charge in [-0.05, 0) is 30.5 Å². The molecule has 1 heterocycles. The van der Waals surface area contributed by atoms with Gasteiger partial charge in [0.1, 0.15) is 5.54 Å². The van der Waals surface area contributed by atoms with Crippen molar-refractivity contribution in [2.75, 3.05) is 13.1 Å². The first kappa shape index (κ1) is 13.3. The summed E-state index contributed by atoms with van der Waals surface area (Å²) < 4.78 is 0. The third-order valence-electron chi connectivity index (χ3n) is 3.49. The lowest BCUT2D eigenvalue weighted by molar-refractivity contribution is -0.145. The Morgan fingerprint density at radius 2 is 1.89 bits per heavy atom. The largest absolute Gasteiger partial charge is 0.480 e. The van der Waals surface area contributed by atoms with Crippen LogP contribution in [0.25, 0.3) is 0 Å². The van der Waals surface area contributed by atoms with Crippen molar-refractivity contribution in [2.24, 2.45) is 5.73 Å². The van der Waals surface area contributed by atoms with Crippen molar-refractivity contribution < 1.29 is 9.90 Å². The Labute approximate surface area is 111 Å². The number of aliphatic carboxylic acids is 1. The van der Waals surface area contributed by atoms with E-state index in [4.69, 9.17) is 22.4 Å². The normalized spacial score (nSPS) is 19.7. The van der Waals surface area contributed by atoms with E-state index in [2.05, 4.69) is 4.90 Å². The van der Waals surface area contributed by atoms with Gasteiger partial charge < -0.3 is 10.8 Å². The van der Waals surface area contributed by atoms with Gasteiger partial charge in [0.05, 0.1) is 0 Å². The molecule has 18 heavy (non-hydrogen) atoms. The van der Waals surface area contributed by atoms with Crippen LogP contribution in [0, 0.1) is 0 Å². The molecule has 2 rings (SSSR count). The van der Waals surface area contributed by atoms with Crippen LogP contribution in [0.1, 0.15) is 18.4 Å². The Hall–Kier alpha value is -1.10. The van der Waals surface area contributed by atoms with Gasteiger partial charge in [0.15, 0.2) is 0 Å². The van der Waals surface area contributed by atoms with Crippen LogP contribution in [0.3, 0.4) is 0 Å². The molecule has 0 unspecified atom stereocenters. The molecule has 4 nitrogen and oxygen atoms in total. The molecule has 0 aromatic heterocycles. The Kier molecular flexibility index (Phi) is 3.90. The molecule has 5 heteroatoms. The molecule has 0 atom stereocenters. The standard InChI is InChI=1S/C13H17ClN2O2/c14-11-3-1-10(2-4-11)9-16-7-5-13(15,6-8-16)12(17)18/h1-4H,5-9,15H2,(H,17,18). The van der Waals surface area contributed by atoms with Crippen molar-refractivity contribution in [1.82, 2.24) is 4.90 Å². The number of halogens is 1. The van der Waals surface area contributed by atoms with E-state index in [0.29, 0.717) is 25.9 Å². The van der Waals surface area contributed by atoms with Crippen LogP contribution in [0.5, 0.6) is 0 Å². The zero-order chi connectivity index (χ0) is 13.2. The monoisotopic (exact) mass is 268 g/mol. The van der Waals surface area contributed by atoms with Crippen LogP contribution in [0.4, 0.5) is 0 Å². The number of hydrogen-bond acceptors (Lipinski definition) is 3. The number of nitrogens with zero attached hydrogens (tertiary/aromatic N) is 1. The molecule has 1 saturated heterocycles. The summed E-state index contributed by atoms with van der Waals surface area (Å²) in [4.78, 5) is 13.2. The number of hydrogen-bond donors (Lipinski definition) is 2. The molecule has 3 N–H and O–H groups in total. The zero-order valence-electron chi connectivity index (χ0n) is 10.1. The van der Waals surface area contributed by atoms with Crippen molar-refractivity contribution in [3.63, 3.8) is 0 Å². The average molecular weight is 269 g/mol. The first-order valence-corrected chi connectivity index (χ1v) is 6.36. The number of rotatable bonds is 3. The highest BCUT2D eigenvalue weighted by molar-refractivity contribution is 6.30. The number of nitrogens with two attached hydrogens (primary N) is 1. The summed E-state index contributed by atoms with van der Waals surface area (Å²) in [5, 5.41) is 9.77. The summed E-state index contributed by atoms with van der Waals surface area (Å²) in [6.07, 6.45) is 0.992. The first-order valence-electron chi connectivity index (χ1n) is 5.99. The summed E-state index contributed by atoms with van der Waals surface area (Å²) >= 11 is 5.83. The highest BCUT2D eigenvalue weighted by atomic mass is 35.5. The van der Waals surface area contributed by atoms with E-state index in [1.165, 1.54) is 5.56 Å². The van der Waals surface area contributed by atoms with E-state index < -0.39 is 11.5 Å². The van der Waals surface area contributed by atoms with Gasteiger partial charge in [0, 0.05) is 24.7 Å². The minimum absolute atomic E-state index is 0.496. The van der Waals surface area contributed by atoms with Crippen LogP contribution in [0.15, 0.2) is 24.3 Å². The van der Waals surface area contributed by atoms with E-state index >= 15 is 0 Å². The Morgan fingerprint density at radius 3 is 2.39 bits per heavy atom. The molecular weight excluding hydrogens is 252 g/mol. The quantitative estimate of drug-likeness (QED) is 0.876. The third kappa shape index (κ3) is 3.02. The predicted molar refractivity (Wildman–Crippen MR) is 70.5 cm³/mol. The maximum atomic E-state index is 11.0. The van der Waals surface area contributed by atoms with Gasteiger partial charge in [-0.25, -0.2) is 0 Å². The van der Waals surface area contributed by atoms with Crippen molar-refractivity contribution in [1.29, 1.82) is 0 Å². The van der Waals surface area contributed by atoms with Crippen LogP contribution < -0.4 is 5.73 Å². The minimum Gasteiger partial charge on any atom is -0.480 e. The number of benzene rings is 1. The smallest absolute Gasteiger partial charge is 0.323 e. The predicted octanol–water partition coefficient (Wildman–Crippen LogP) is 1.72. The lowest BCUT2D eigenvalue weighted by atomic mass is 9.88. The molecule has 1 aliphatic heterocycles. The fourth-order valence-corrected chi connectivity index (χ4v) is 2.30. The fourth-order valence-electron chi connectivity index (χ4n) is 2.17. The molecule has 0 amide bonds. The number of carbonyl (C=O) groups is 1. The van der Waals surface area contributed by atoms with Gasteiger partial charge >= 0.3 is 5.97 Å². The third-order valence-corrected chi connectivity index (χ3v) is 3.75. The number of likely N-dealkylation sites (tertiary alicyclic amines) is 1. The van der Waals surface area contributed by atoms with E-state index in [9.17, 15) is 4.79 Å². The second-order valence-electron chi connectivity index (χ2n) is 4.86. The molecule has 0 saturated carbocycles. The molecule has 0 aliphatic carbocycles. The topological polar surface area (TPSA) is 66.6 Å². The SMILES string of the molecule is NC1(C(=O)O)CCN(Cc2ccc(Cl)cc2)CC1. The molecule has 0 radical (unpaired) electrons. The second-order valence-corrected chi connectivity index (χ2v) is 5.30. The van der Waals surface area contributed by atoms with Crippen LogP contribution in [0.2, 0.25) is 5.02 Å². The lowest BCUT2D eigenvalue weighted by Crippen LogP contribution is -2.55. The second kappa shape index (κ2) is 5.26. The van der Waals surface area contributed by atoms with Crippen LogP contribution in [-0.2, 0) is 11.3 Å². The molecule has 98 valence electrons. The molecule has 0 bridgehead atoms. The number of carboxylic acids is 1. The molecule has 0 spiro atoms. The molecular formula is C13H17ClN2O2. The van der Waals surface area contributed by atoms with Crippen molar-refractivity contribution >= 4 is 17.6 Å². The maximum absolute atomic E-state index is 11.0. The van der Waals surface area contributed by atoms with E-state index in [1.807, 2.05) is 24.3 Å². The molecule has 1 aliphatic rings. The summed E-state index contributed by atoms with van der Waals surface area (Å²) in [7, 11) is 0. The number of piperidine rings is 1. The van der Waals surface area contributed by atoms with E-state index in [-0.39, 0.29) is 0 Å². The fraction of sp³-hybridized carbons (Fsp3) is 0.462. The van der Waals surface area contributed by atoms with Crippen LogP contribution >= 0.6 is 11.6 Å². The summed E-state index contributed by atoms with van der Waals surface area (Å²) in [6.45, 7) is 2.24. The van der Waals surface area contributed by atoms with Crippen molar-refractivity contribution in [3.8, 4) is 0 Å². The Bertz CT molecular complexity index is 425. The van der Waals surface area contributed by atoms with Gasteiger partial charge in [-0.2, -0.15) is 0 Å².